The van der Waals surface area contributed by atoms with Gasteiger partial charge >= 0.3 is 6.03 Å². The Morgan fingerprint density at radius 1 is 1.06 bits per heavy atom. The molecule has 2 amide bonds. The lowest BCUT2D eigenvalue weighted by atomic mass is 10.00. The number of nitrogens with zero attached hydrogens (tertiary/aromatic N) is 4. The van der Waals surface area contributed by atoms with Gasteiger partial charge in [0.15, 0.2) is 5.82 Å². The van der Waals surface area contributed by atoms with Crippen LogP contribution in [0.3, 0.4) is 0 Å². The van der Waals surface area contributed by atoms with Gasteiger partial charge in [-0.3, -0.25) is 4.98 Å². The monoisotopic (exact) mass is 490 g/mol. The second-order valence-electron chi connectivity index (χ2n) is 8.26. The summed E-state index contributed by atoms with van der Waals surface area (Å²) in [7, 11) is 0. The Morgan fingerprint density at radius 3 is 2.58 bits per heavy atom. The van der Waals surface area contributed by atoms with E-state index in [1.54, 1.807) is 25.4 Å². The summed E-state index contributed by atoms with van der Waals surface area (Å²) >= 11 is 0. The number of para-hydroxylation sites is 1. The third-order valence-electron chi connectivity index (χ3n) is 5.84. The largest absolute Gasteiger partial charge is 0.354 e. The van der Waals surface area contributed by atoms with Crippen molar-refractivity contribution >= 4 is 23.5 Å². The van der Waals surface area contributed by atoms with Gasteiger partial charge in [0, 0.05) is 30.1 Å². The molecule has 5 rings (SSSR count). The van der Waals surface area contributed by atoms with E-state index in [2.05, 4.69) is 25.6 Å². The standard InChI is InChI=1S/C26H21F3N6O/c1-15-12-17(27)7-8-18(15)22-19-14-32-26(36)35(23-20(28)5-2-6-21(23)29)24(19)34-25(33-22)31-11-9-16-4-3-10-30-13-16/h2-8,10,12-13H,9,11,14H2,1H3,(H,32,36)(H,31,33,34). The van der Waals surface area contributed by atoms with Crippen LogP contribution in [0.4, 0.5) is 35.4 Å². The molecule has 0 saturated carbocycles. The number of hydrogen-bond donors (Lipinski definition) is 2. The van der Waals surface area contributed by atoms with Crippen molar-refractivity contribution in [1.82, 2.24) is 20.3 Å². The van der Waals surface area contributed by atoms with Crippen molar-refractivity contribution < 1.29 is 18.0 Å². The first-order valence-electron chi connectivity index (χ1n) is 11.2. The molecule has 0 atom stereocenters. The number of halogens is 3. The Labute approximate surface area is 205 Å². The maximum absolute atomic E-state index is 14.8. The summed E-state index contributed by atoms with van der Waals surface area (Å²) in [5.41, 5.74) is 2.53. The summed E-state index contributed by atoms with van der Waals surface area (Å²) in [5.74, 6) is -2.03. The minimum absolute atomic E-state index is 0.0306. The Hall–Kier alpha value is -4.47. The van der Waals surface area contributed by atoms with Gasteiger partial charge in [0.2, 0.25) is 5.95 Å². The maximum Gasteiger partial charge on any atom is 0.328 e. The normalized spacial score (nSPS) is 12.8. The molecular weight excluding hydrogens is 469 g/mol. The van der Waals surface area contributed by atoms with Crippen LogP contribution in [0.2, 0.25) is 0 Å². The van der Waals surface area contributed by atoms with Crippen LogP contribution in [0.1, 0.15) is 16.7 Å². The number of pyridine rings is 1. The zero-order chi connectivity index (χ0) is 25.2. The van der Waals surface area contributed by atoms with Crippen LogP contribution in [-0.2, 0) is 13.0 Å². The number of hydrogen-bond acceptors (Lipinski definition) is 5. The van der Waals surface area contributed by atoms with Gasteiger partial charge in [-0.25, -0.2) is 27.8 Å². The number of carbonyl (C=O) groups excluding carboxylic acids is 1. The van der Waals surface area contributed by atoms with Gasteiger partial charge in [-0.15, -0.1) is 0 Å². The van der Waals surface area contributed by atoms with Crippen LogP contribution < -0.4 is 15.5 Å². The summed E-state index contributed by atoms with van der Waals surface area (Å²) in [6, 6.07) is 10.7. The number of rotatable bonds is 6. The minimum Gasteiger partial charge on any atom is -0.354 e. The number of amides is 2. The fourth-order valence-corrected chi connectivity index (χ4v) is 4.13. The molecule has 3 heterocycles. The van der Waals surface area contributed by atoms with Crippen LogP contribution in [0.5, 0.6) is 0 Å². The van der Waals surface area contributed by atoms with E-state index in [1.165, 1.54) is 18.2 Å². The van der Waals surface area contributed by atoms with Gasteiger partial charge in [-0.05, 0) is 60.9 Å². The molecule has 2 aromatic heterocycles. The van der Waals surface area contributed by atoms with Gasteiger partial charge in [0.25, 0.3) is 0 Å². The molecule has 182 valence electrons. The van der Waals surface area contributed by atoms with E-state index in [-0.39, 0.29) is 18.3 Å². The number of carbonyl (C=O) groups is 1. The van der Waals surface area contributed by atoms with Gasteiger partial charge in [-0.2, -0.15) is 4.98 Å². The molecule has 0 fully saturated rings. The predicted molar refractivity (Wildman–Crippen MR) is 129 cm³/mol. The summed E-state index contributed by atoms with van der Waals surface area (Å²) in [6.45, 7) is 2.20. The molecule has 4 aromatic rings. The summed E-state index contributed by atoms with van der Waals surface area (Å²) in [4.78, 5) is 27.0. The maximum atomic E-state index is 14.8. The second kappa shape index (κ2) is 9.65. The van der Waals surface area contributed by atoms with Crippen molar-refractivity contribution in [3.8, 4) is 11.3 Å². The lowest BCUT2D eigenvalue weighted by Gasteiger charge is -2.31. The van der Waals surface area contributed by atoms with Crippen molar-refractivity contribution in [2.45, 2.75) is 19.9 Å². The highest BCUT2D eigenvalue weighted by molar-refractivity contribution is 6.02. The minimum atomic E-state index is -0.915. The highest BCUT2D eigenvalue weighted by Crippen LogP contribution is 2.39. The fraction of sp³-hybridized carbons (Fsp3) is 0.154. The quantitative estimate of drug-likeness (QED) is 0.384. The topological polar surface area (TPSA) is 83.0 Å². The van der Waals surface area contributed by atoms with Crippen LogP contribution in [0.15, 0.2) is 60.9 Å². The molecule has 0 bridgehead atoms. The van der Waals surface area contributed by atoms with E-state index in [0.717, 1.165) is 22.6 Å². The summed E-state index contributed by atoms with van der Waals surface area (Å²) in [5, 5.41) is 5.77. The Bertz CT molecular complexity index is 1430. The molecule has 0 radical (unpaired) electrons. The van der Waals surface area contributed by atoms with E-state index in [4.69, 9.17) is 0 Å². The third kappa shape index (κ3) is 4.45. The molecule has 0 unspecified atom stereocenters. The average molecular weight is 490 g/mol. The lowest BCUT2D eigenvalue weighted by molar-refractivity contribution is 0.246. The van der Waals surface area contributed by atoms with E-state index >= 15 is 0 Å². The molecule has 0 aliphatic carbocycles. The Kier molecular flexibility index (Phi) is 6.24. The second-order valence-corrected chi connectivity index (χ2v) is 8.26. The molecule has 7 nitrogen and oxygen atoms in total. The van der Waals surface area contributed by atoms with Crippen molar-refractivity contribution in [2.24, 2.45) is 0 Å². The van der Waals surface area contributed by atoms with Gasteiger partial charge < -0.3 is 10.6 Å². The van der Waals surface area contributed by atoms with E-state index < -0.39 is 29.2 Å². The molecule has 2 aromatic carbocycles. The van der Waals surface area contributed by atoms with Gasteiger partial charge in [0.05, 0.1) is 12.2 Å². The molecule has 0 spiro atoms. The Morgan fingerprint density at radius 2 is 1.86 bits per heavy atom. The zero-order valence-electron chi connectivity index (χ0n) is 19.2. The Balaban J connectivity index is 1.63. The number of anilines is 3. The molecule has 1 aliphatic heterocycles. The van der Waals surface area contributed by atoms with E-state index in [9.17, 15) is 18.0 Å². The number of urea groups is 1. The first-order chi connectivity index (χ1) is 17.4. The SMILES string of the molecule is Cc1cc(F)ccc1-c1nc(NCCc2cccnc2)nc2c1CNC(=O)N2c1c(F)cccc1F. The molecule has 1 aliphatic rings. The number of aryl methyl sites for hydroxylation is 1. The molecule has 2 N–H and O–H groups in total. The number of benzene rings is 2. The van der Waals surface area contributed by atoms with Gasteiger partial charge in [-0.1, -0.05) is 12.1 Å². The lowest BCUT2D eigenvalue weighted by Crippen LogP contribution is -2.43. The molecule has 36 heavy (non-hydrogen) atoms. The number of aromatic nitrogens is 3. The van der Waals surface area contributed by atoms with Gasteiger partial charge in [0.1, 0.15) is 23.1 Å². The number of fused-ring (bicyclic) bond motifs is 1. The zero-order valence-corrected chi connectivity index (χ0v) is 19.2. The molecule has 10 heteroatoms. The van der Waals surface area contributed by atoms with Crippen LogP contribution >= 0.6 is 0 Å². The predicted octanol–water partition coefficient (Wildman–Crippen LogP) is 5.28. The molecular formula is C26H21F3N6O. The fourth-order valence-electron chi connectivity index (χ4n) is 4.13. The van der Waals surface area contributed by atoms with Crippen LogP contribution in [-0.4, -0.2) is 27.5 Å². The summed E-state index contributed by atoms with van der Waals surface area (Å²) in [6.07, 6.45) is 4.05. The van der Waals surface area contributed by atoms with E-state index in [0.29, 0.717) is 35.3 Å². The van der Waals surface area contributed by atoms with Crippen molar-refractivity contribution in [2.75, 3.05) is 16.8 Å². The first-order valence-corrected chi connectivity index (χ1v) is 11.2. The summed E-state index contributed by atoms with van der Waals surface area (Å²) < 4.78 is 43.3. The average Bonchev–Trinajstić information content (AvgIpc) is 2.85. The van der Waals surface area contributed by atoms with E-state index in [1.807, 2.05) is 12.1 Å². The highest BCUT2D eigenvalue weighted by Gasteiger charge is 2.34. The van der Waals surface area contributed by atoms with Crippen LogP contribution in [0.25, 0.3) is 11.3 Å². The third-order valence-corrected chi connectivity index (χ3v) is 5.84. The van der Waals surface area contributed by atoms with Crippen molar-refractivity contribution in [1.29, 1.82) is 0 Å². The molecule has 0 saturated heterocycles. The first kappa shape index (κ1) is 23.3. The van der Waals surface area contributed by atoms with Crippen molar-refractivity contribution in [3.63, 3.8) is 0 Å². The smallest absolute Gasteiger partial charge is 0.328 e. The van der Waals surface area contributed by atoms with Crippen molar-refractivity contribution in [3.05, 3.63) is 95.1 Å². The highest BCUT2D eigenvalue weighted by atomic mass is 19.1. The van der Waals surface area contributed by atoms with Crippen LogP contribution in [0, 0.1) is 24.4 Å². The number of nitrogens with one attached hydrogen (secondary N) is 2.